The van der Waals surface area contributed by atoms with E-state index >= 15 is 0 Å². The predicted octanol–water partition coefficient (Wildman–Crippen LogP) is 4.98. The molecule has 1 saturated carbocycles. The van der Waals surface area contributed by atoms with E-state index in [0.29, 0.717) is 35.1 Å². The molecule has 0 radical (unpaired) electrons. The Morgan fingerprint density at radius 3 is 2.74 bits per heavy atom. The molecule has 27 heavy (non-hydrogen) atoms. The average Bonchev–Trinajstić information content (AvgIpc) is 3.17. The average molecular weight is 364 g/mol. The molecular formula is C22H24N2O3. The van der Waals surface area contributed by atoms with E-state index in [1.54, 1.807) is 30.1 Å². The fraction of sp³-hybridized carbons (Fsp3) is 0.364. The third-order valence-corrected chi connectivity index (χ3v) is 5.50. The highest BCUT2D eigenvalue weighted by Crippen LogP contribution is 2.38. The lowest BCUT2D eigenvalue weighted by Crippen LogP contribution is -2.25. The molecule has 5 heteroatoms. The maximum Gasteiger partial charge on any atom is 0.261 e. The van der Waals surface area contributed by atoms with Gasteiger partial charge in [-0.25, -0.2) is 0 Å². The van der Waals surface area contributed by atoms with Crippen molar-refractivity contribution in [2.45, 2.75) is 38.5 Å². The second-order valence-corrected chi connectivity index (χ2v) is 7.38. The Morgan fingerprint density at radius 2 is 1.93 bits per heavy atom. The zero-order valence-electron chi connectivity index (χ0n) is 15.5. The first-order valence-electron chi connectivity index (χ1n) is 9.60. The molecular weight excluding hydrogens is 340 g/mol. The SMILES string of the molecule is CN1C(=O)c2cc(NC(=O)CCC3CCCC3)ccc2Oc2ccccc21. The summed E-state index contributed by atoms with van der Waals surface area (Å²) in [6.45, 7) is 0. The summed E-state index contributed by atoms with van der Waals surface area (Å²) in [7, 11) is 1.73. The highest BCUT2D eigenvalue weighted by Gasteiger charge is 2.26. The molecule has 5 nitrogen and oxygen atoms in total. The number of hydrogen-bond donors (Lipinski definition) is 1. The lowest BCUT2D eigenvalue weighted by molar-refractivity contribution is -0.116. The van der Waals surface area contributed by atoms with Crippen LogP contribution in [0.1, 0.15) is 48.9 Å². The van der Waals surface area contributed by atoms with Crippen molar-refractivity contribution in [1.29, 1.82) is 0 Å². The van der Waals surface area contributed by atoms with Gasteiger partial charge in [0.2, 0.25) is 5.91 Å². The van der Waals surface area contributed by atoms with Gasteiger partial charge in [0.05, 0.1) is 11.3 Å². The quantitative estimate of drug-likeness (QED) is 0.832. The standard InChI is InChI=1S/C22H24N2O3/c1-24-18-8-4-5-9-20(18)27-19-12-11-16(14-17(19)22(24)26)23-21(25)13-10-15-6-2-3-7-15/h4-5,8-9,11-12,14-15H,2-3,6-7,10,13H2,1H3,(H,23,25). The van der Waals surface area contributed by atoms with Gasteiger partial charge < -0.3 is 15.0 Å². The second-order valence-electron chi connectivity index (χ2n) is 7.38. The van der Waals surface area contributed by atoms with Crippen molar-refractivity contribution in [2.75, 3.05) is 17.3 Å². The van der Waals surface area contributed by atoms with Gasteiger partial charge in [-0.2, -0.15) is 0 Å². The van der Waals surface area contributed by atoms with Crippen molar-refractivity contribution in [3.63, 3.8) is 0 Å². The van der Waals surface area contributed by atoms with E-state index in [1.165, 1.54) is 25.7 Å². The Balaban J connectivity index is 1.50. The van der Waals surface area contributed by atoms with Crippen LogP contribution < -0.4 is 15.0 Å². The fourth-order valence-corrected chi connectivity index (χ4v) is 3.95. The Hall–Kier alpha value is -2.82. The van der Waals surface area contributed by atoms with Crippen LogP contribution in [0, 0.1) is 5.92 Å². The van der Waals surface area contributed by atoms with E-state index in [1.807, 2.05) is 24.3 Å². The van der Waals surface area contributed by atoms with Crippen molar-refractivity contribution >= 4 is 23.2 Å². The summed E-state index contributed by atoms with van der Waals surface area (Å²) in [5.41, 5.74) is 1.80. The van der Waals surface area contributed by atoms with E-state index < -0.39 is 0 Å². The third-order valence-electron chi connectivity index (χ3n) is 5.50. The van der Waals surface area contributed by atoms with Crippen LogP contribution in [0.15, 0.2) is 42.5 Å². The number of amides is 2. The molecule has 2 amide bonds. The maximum absolute atomic E-state index is 12.9. The highest BCUT2D eigenvalue weighted by atomic mass is 16.5. The molecule has 1 aliphatic carbocycles. The lowest BCUT2D eigenvalue weighted by atomic mass is 10.0. The van der Waals surface area contributed by atoms with Crippen molar-refractivity contribution < 1.29 is 14.3 Å². The summed E-state index contributed by atoms with van der Waals surface area (Å²) in [5, 5.41) is 2.93. The van der Waals surface area contributed by atoms with Crippen LogP contribution in [-0.4, -0.2) is 18.9 Å². The van der Waals surface area contributed by atoms with E-state index in [4.69, 9.17) is 4.74 Å². The maximum atomic E-state index is 12.9. The molecule has 1 aliphatic heterocycles. The summed E-state index contributed by atoms with van der Waals surface area (Å²) in [6, 6.07) is 12.7. The smallest absolute Gasteiger partial charge is 0.261 e. The zero-order chi connectivity index (χ0) is 18.8. The largest absolute Gasteiger partial charge is 0.454 e. The van der Waals surface area contributed by atoms with E-state index in [0.717, 1.165) is 12.1 Å². The van der Waals surface area contributed by atoms with Gasteiger partial charge in [0.1, 0.15) is 5.75 Å². The van der Waals surface area contributed by atoms with Gasteiger partial charge in [-0.1, -0.05) is 37.8 Å². The Bertz CT molecular complexity index is 872. The molecule has 0 saturated heterocycles. The van der Waals surface area contributed by atoms with Gasteiger partial charge in [0.15, 0.2) is 5.75 Å². The second kappa shape index (κ2) is 7.43. The first kappa shape index (κ1) is 17.6. The van der Waals surface area contributed by atoms with Crippen LogP contribution in [0.5, 0.6) is 11.5 Å². The summed E-state index contributed by atoms with van der Waals surface area (Å²) in [5.74, 6) is 1.67. The van der Waals surface area contributed by atoms with Crippen molar-refractivity contribution in [3.05, 3.63) is 48.0 Å². The first-order chi connectivity index (χ1) is 13.1. The van der Waals surface area contributed by atoms with E-state index in [-0.39, 0.29) is 11.8 Å². The van der Waals surface area contributed by atoms with Crippen molar-refractivity contribution in [2.24, 2.45) is 5.92 Å². The van der Waals surface area contributed by atoms with Gasteiger partial charge in [-0.05, 0) is 42.7 Å². The number of fused-ring (bicyclic) bond motifs is 2. The Labute approximate surface area is 159 Å². The van der Waals surface area contributed by atoms with Crippen LogP contribution in [-0.2, 0) is 4.79 Å². The van der Waals surface area contributed by atoms with Gasteiger partial charge in [0, 0.05) is 19.2 Å². The van der Waals surface area contributed by atoms with E-state index in [9.17, 15) is 9.59 Å². The number of ether oxygens (including phenoxy) is 1. The molecule has 2 aliphatic rings. The number of para-hydroxylation sites is 2. The molecule has 0 unspecified atom stereocenters. The number of anilines is 2. The van der Waals surface area contributed by atoms with Gasteiger partial charge in [0.25, 0.3) is 5.91 Å². The Kier molecular flexibility index (Phi) is 4.84. The molecule has 1 fully saturated rings. The predicted molar refractivity (Wildman–Crippen MR) is 106 cm³/mol. The topological polar surface area (TPSA) is 58.6 Å². The molecule has 1 heterocycles. The van der Waals surface area contributed by atoms with Gasteiger partial charge in [-0.15, -0.1) is 0 Å². The third kappa shape index (κ3) is 3.68. The molecule has 0 bridgehead atoms. The van der Waals surface area contributed by atoms with Crippen LogP contribution in [0.4, 0.5) is 11.4 Å². The van der Waals surface area contributed by atoms with Crippen LogP contribution >= 0.6 is 0 Å². The van der Waals surface area contributed by atoms with E-state index in [2.05, 4.69) is 5.32 Å². The monoisotopic (exact) mass is 364 g/mol. The fourth-order valence-electron chi connectivity index (χ4n) is 3.95. The molecule has 0 aromatic heterocycles. The minimum atomic E-state index is -0.156. The van der Waals surface area contributed by atoms with Gasteiger partial charge in [-0.3, -0.25) is 9.59 Å². The Morgan fingerprint density at radius 1 is 1.15 bits per heavy atom. The zero-order valence-corrected chi connectivity index (χ0v) is 15.5. The van der Waals surface area contributed by atoms with Crippen LogP contribution in [0.3, 0.4) is 0 Å². The molecule has 4 rings (SSSR count). The minimum absolute atomic E-state index is 0.000444. The number of nitrogens with zero attached hydrogens (tertiary/aromatic N) is 1. The molecule has 140 valence electrons. The molecule has 0 atom stereocenters. The normalized spacial score (nSPS) is 16.3. The van der Waals surface area contributed by atoms with Crippen molar-refractivity contribution in [3.8, 4) is 11.5 Å². The minimum Gasteiger partial charge on any atom is -0.454 e. The van der Waals surface area contributed by atoms with Crippen LogP contribution in [0.25, 0.3) is 0 Å². The number of benzene rings is 2. The first-order valence-corrected chi connectivity index (χ1v) is 9.60. The molecule has 2 aromatic rings. The summed E-state index contributed by atoms with van der Waals surface area (Å²) < 4.78 is 5.94. The number of carbonyl (C=O) groups is 2. The highest BCUT2D eigenvalue weighted by molar-refractivity contribution is 6.10. The summed E-state index contributed by atoms with van der Waals surface area (Å²) in [6.07, 6.45) is 6.52. The summed E-state index contributed by atoms with van der Waals surface area (Å²) >= 11 is 0. The number of hydrogen-bond acceptors (Lipinski definition) is 3. The van der Waals surface area contributed by atoms with Crippen molar-refractivity contribution in [1.82, 2.24) is 0 Å². The summed E-state index contributed by atoms with van der Waals surface area (Å²) in [4.78, 5) is 26.7. The van der Waals surface area contributed by atoms with Gasteiger partial charge >= 0.3 is 0 Å². The lowest BCUT2D eigenvalue weighted by Gasteiger charge is -2.16. The molecule has 0 spiro atoms. The number of nitrogens with one attached hydrogen (secondary N) is 1. The number of rotatable bonds is 4. The molecule has 2 aromatic carbocycles. The number of carbonyl (C=O) groups excluding carboxylic acids is 2. The van der Waals surface area contributed by atoms with Crippen LogP contribution in [0.2, 0.25) is 0 Å². The molecule has 1 N–H and O–H groups in total.